The van der Waals surface area contributed by atoms with Crippen LogP contribution in [0.15, 0.2) is 0 Å². The molecule has 0 aromatic rings. The van der Waals surface area contributed by atoms with Crippen molar-refractivity contribution >= 4 is 17.9 Å². The van der Waals surface area contributed by atoms with Crippen molar-refractivity contribution < 1.29 is 86.3 Å². The summed E-state index contributed by atoms with van der Waals surface area (Å²) < 4.78 is 0. The minimum Gasteiger partial charge on any atom is -0.479 e. The molecule has 111 valence electrons. The number of carboxylic acid groups (broad SMARTS) is 3. The van der Waals surface area contributed by atoms with Crippen molar-refractivity contribution in [3.05, 3.63) is 0 Å². The van der Waals surface area contributed by atoms with Crippen LogP contribution in [0.1, 0.15) is 20.8 Å². The summed E-state index contributed by atoms with van der Waals surface area (Å²) in [5.41, 5.74) is 0. The van der Waals surface area contributed by atoms with Gasteiger partial charge in [0.25, 0.3) is 0 Å². The minimum absolute atomic E-state index is 0. The maximum absolute atomic E-state index is 9.45. The third kappa shape index (κ3) is 31.9. The number of carbonyl (C=O) groups is 3. The Kier molecular flexibility index (Phi) is 22.4. The molecule has 0 bridgehead atoms. The Bertz CT molecular complexity index is 220. The van der Waals surface area contributed by atoms with Crippen LogP contribution in [0.25, 0.3) is 0 Å². The van der Waals surface area contributed by atoms with Gasteiger partial charge in [-0.3, -0.25) is 0 Å². The smallest absolute Gasteiger partial charge is 0.332 e. The maximum atomic E-state index is 9.45. The van der Waals surface area contributed by atoms with E-state index in [-0.39, 0.29) is 41.3 Å². The van der Waals surface area contributed by atoms with Gasteiger partial charge in [-0.15, -0.1) is 0 Å². The zero-order valence-corrected chi connectivity index (χ0v) is 14.4. The molecular weight excluding hydrogens is 393 g/mol. The van der Waals surface area contributed by atoms with Gasteiger partial charge in [0.1, 0.15) is 18.3 Å². The molecule has 1 radical (unpaired) electrons. The first-order valence-electron chi connectivity index (χ1n) is 4.66. The molecule has 0 amide bonds. The van der Waals surface area contributed by atoms with E-state index >= 15 is 0 Å². The molecule has 3 atom stereocenters. The Morgan fingerprint density at radius 2 is 0.684 bits per heavy atom. The number of aliphatic hydroxyl groups excluding tert-OH is 3. The monoisotopic (exact) mass is 411 g/mol. The molecular formula is C9H18O9Pr. The van der Waals surface area contributed by atoms with Crippen molar-refractivity contribution in [2.45, 2.75) is 39.1 Å². The summed E-state index contributed by atoms with van der Waals surface area (Å²) in [6.07, 6.45) is -3.69. The summed E-state index contributed by atoms with van der Waals surface area (Å²) in [5, 5.41) is 47.3. The van der Waals surface area contributed by atoms with Crippen molar-refractivity contribution in [2.24, 2.45) is 0 Å². The molecule has 0 rings (SSSR count). The van der Waals surface area contributed by atoms with Crippen LogP contribution >= 0.6 is 0 Å². The van der Waals surface area contributed by atoms with Crippen LogP contribution in [0.2, 0.25) is 0 Å². The largest absolute Gasteiger partial charge is 0.479 e. The van der Waals surface area contributed by atoms with Gasteiger partial charge in [0, 0.05) is 41.3 Å². The third-order valence-electron chi connectivity index (χ3n) is 1.07. The number of rotatable bonds is 3. The predicted molar refractivity (Wildman–Crippen MR) is 57.9 cm³/mol. The normalized spacial score (nSPS) is 12.9. The second kappa shape index (κ2) is 15.7. The summed E-state index contributed by atoms with van der Waals surface area (Å²) in [7, 11) is 0. The van der Waals surface area contributed by atoms with Gasteiger partial charge >= 0.3 is 17.9 Å². The zero-order valence-electron chi connectivity index (χ0n) is 10.7. The van der Waals surface area contributed by atoms with Crippen LogP contribution in [0, 0.1) is 41.3 Å². The summed E-state index contributed by atoms with van der Waals surface area (Å²) in [5.74, 6) is -3.56. The van der Waals surface area contributed by atoms with Gasteiger partial charge in [-0.05, 0) is 20.8 Å². The molecule has 0 aliphatic carbocycles. The second-order valence-electron chi connectivity index (χ2n) is 3.04. The first kappa shape index (κ1) is 27.1. The molecule has 3 unspecified atom stereocenters. The molecule has 0 aromatic carbocycles. The van der Waals surface area contributed by atoms with E-state index in [9.17, 15) is 14.4 Å². The molecule has 19 heavy (non-hydrogen) atoms. The molecule has 0 heterocycles. The van der Waals surface area contributed by atoms with Gasteiger partial charge < -0.3 is 30.6 Å². The van der Waals surface area contributed by atoms with E-state index in [1.807, 2.05) is 0 Å². The van der Waals surface area contributed by atoms with Gasteiger partial charge in [0.2, 0.25) is 0 Å². The molecule has 9 nitrogen and oxygen atoms in total. The van der Waals surface area contributed by atoms with Crippen LogP contribution in [0.5, 0.6) is 0 Å². The fraction of sp³-hybridized carbons (Fsp3) is 0.667. The van der Waals surface area contributed by atoms with Crippen LogP contribution in [-0.2, 0) is 14.4 Å². The summed E-state index contributed by atoms with van der Waals surface area (Å²) in [6, 6.07) is 0. The van der Waals surface area contributed by atoms with Crippen molar-refractivity contribution in [1.29, 1.82) is 0 Å². The Labute approximate surface area is 142 Å². The van der Waals surface area contributed by atoms with Crippen molar-refractivity contribution in [3.8, 4) is 0 Å². The molecule has 0 aromatic heterocycles. The topological polar surface area (TPSA) is 173 Å². The number of hydrogen-bond donors (Lipinski definition) is 6. The molecule has 0 saturated heterocycles. The zero-order chi connectivity index (χ0) is 15.5. The van der Waals surface area contributed by atoms with Crippen LogP contribution < -0.4 is 0 Å². The first-order valence-corrected chi connectivity index (χ1v) is 4.66. The van der Waals surface area contributed by atoms with E-state index < -0.39 is 36.2 Å². The van der Waals surface area contributed by atoms with Gasteiger partial charge in [-0.1, -0.05) is 0 Å². The minimum atomic E-state index is -1.23. The Hall–Kier alpha value is -0.346. The number of aliphatic hydroxyl groups is 3. The van der Waals surface area contributed by atoms with E-state index in [0.717, 1.165) is 0 Å². The number of carboxylic acids is 3. The number of aliphatic carboxylic acids is 3. The standard InChI is InChI=1S/3C3H6O3.Pr/c3*1-2(4)3(5)6;/h3*2,4H,1H3,(H,5,6);. The third-order valence-corrected chi connectivity index (χ3v) is 1.07. The Balaban J connectivity index is -0.0000000865. The molecule has 0 aliphatic heterocycles. The molecule has 0 saturated carbocycles. The fourth-order valence-corrected chi connectivity index (χ4v) is 0. The van der Waals surface area contributed by atoms with E-state index in [1.165, 1.54) is 20.8 Å². The summed E-state index contributed by atoms with van der Waals surface area (Å²) in [6.45, 7) is 3.59. The van der Waals surface area contributed by atoms with Crippen LogP contribution in [0.3, 0.4) is 0 Å². The summed E-state index contributed by atoms with van der Waals surface area (Å²) in [4.78, 5) is 28.3. The molecule has 0 spiro atoms. The number of hydrogen-bond acceptors (Lipinski definition) is 6. The quantitative estimate of drug-likeness (QED) is 0.318. The van der Waals surface area contributed by atoms with E-state index in [1.54, 1.807) is 0 Å². The summed E-state index contributed by atoms with van der Waals surface area (Å²) >= 11 is 0. The van der Waals surface area contributed by atoms with Gasteiger partial charge in [-0.2, -0.15) is 0 Å². The van der Waals surface area contributed by atoms with Gasteiger partial charge in [-0.25, -0.2) is 14.4 Å². The van der Waals surface area contributed by atoms with E-state index in [2.05, 4.69) is 0 Å². The Morgan fingerprint density at radius 3 is 0.684 bits per heavy atom. The van der Waals surface area contributed by atoms with Gasteiger partial charge in [0.15, 0.2) is 0 Å². The second-order valence-corrected chi connectivity index (χ2v) is 3.04. The fourth-order valence-electron chi connectivity index (χ4n) is 0. The van der Waals surface area contributed by atoms with Crippen molar-refractivity contribution in [2.75, 3.05) is 0 Å². The Morgan fingerprint density at radius 1 is 0.632 bits per heavy atom. The van der Waals surface area contributed by atoms with Crippen LogP contribution in [-0.4, -0.2) is 66.9 Å². The van der Waals surface area contributed by atoms with Crippen molar-refractivity contribution in [3.63, 3.8) is 0 Å². The predicted octanol–water partition coefficient (Wildman–Crippen LogP) is -1.64. The first-order chi connectivity index (χ1) is 7.93. The van der Waals surface area contributed by atoms with E-state index in [4.69, 9.17) is 30.6 Å². The SMILES string of the molecule is CC(O)C(=O)O.CC(O)C(=O)O.CC(O)C(=O)O.[Pr]. The van der Waals surface area contributed by atoms with Crippen LogP contribution in [0.4, 0.5) is 0 Å². The molecule has 0 aliphatic rings. The average molecular weight is 411 g/mol. The van der Waals surface area contributed by atoms with Crippen molar-refractivity contribution in [1.82, 2.24) is 0 Å². The average Bonchev–Trinajstić information content (AvgIpc) is 2.18. The molecule has 10 heteroatoms. The molecule has 6 N–H and O–H groups in total. The van der Waals surface area contributed by atoms with E-state index in [0.29, 0.717) is 0 Å². The van der Waals surface area contributed by atoms with Gasteiger partial charge in [0.05, 0.1) is 0 Å². The maximum Gasteiger partial charge on any atom is 0.332 e. The molecule has 0 fully saturated rings.